The second kappa shape index (κ2) is 5.63. The van der Waals surface area contributed by atoms with E-state index in [0.717, 1.165) is 28.3 Å². The van der Waals surface area contributed by atoms with Crippen LogP contribution in [0.25, 0.3) is 11.3 Å². The highest BCUT2D eigenvalue weighted by molar-refractivity contribution is 7.79. The molecule has 94 valence electrons. The van der Waals surface area contributed by atoms with Crippen molar-refractivity contribution in [3.63, 3.8) is 0 Å². The van der Waals surface area contributed by atoms with Gasteiger partial charge in [0, 0.05) is 22.0 Å². The Morgan fingerprint density at radius 2 is 2.06 bits per heavy atom. The summed E-state index contributed by atoms with van der Waals surface area (Å²) in [4.78, 5) is 4.58. The van der Waals surface area contributed by atoms with Gasteiger partial charge in [0.15, 0.2) is 0 Å². The second-order valence-electron chi connectivity index (χ2n) is 3.94. The predicted octanol–water partition coefficient (Wildman–Crippen LogP) is 4.15. The summed E-state index contributed by atoms with van der Waals surface area (Å²) in [7, 11) is 1.64. The van der Waals surface area contributed by atoms with E-state index < -0.39 is 0 Å². The SMILES string of the molecule is COc1ccc(Cl)cc1-c1ccc(CS)c(C)n1. The summed E-state index contributed by atoms with van der Waals surface area (Å²) >= 11 is 10.3. The fraction of sp³-hybridized carbons (Fsp3) is 0.214. The summed E-state index contributed by atoms with van der Waals surface area (Å²) in [5, 5.41) is 0.670. The number of aryl methyl sites for hydroxylation is 1. The van der Waals surface area contributed by atoms with E-state index in [1.165, 1.54) is 0 Å². The first kappa shape index (κ1) is 13.2. The number of benzene rings is 1. The topological polar surface area (TPSA) is 22.1 Å². The van der Waals surface area contributed by atoms with Gasteiger partial charge in [-0.1, -0.05) is 17.7 Å². The van der Waals surface area contributed by atoms with Gasteiger partial charge in [0.05, 0.1) is 12.8 Å². The van der Waals surface area contributed by atoms with E-state index in [2.05, 4.69) is 17.6 Å². The number of ether oxygens (including phenoxy) is 1. The van der Waals surface area contributed by atoms with Gasteiger partial charge in [0.1, 0.15) is 5.75 Å². The van der Waals surface area contributed by atoms with Crippen LogP contribution in [0.3, 0.4) is 0 Å². The molecular weight excluding hydrogens is 266 g/mol. The molecule has 2 nitrogen and oxygen atoms in total. The summed E-state index contributed by atoms with van der Waals surface area (Å²) in [5.41, 5.74) is 3.86. The summed E-state index contributed by atoms with van der Waals surface area (Å²) in [6, 6.07) is 9.51. The molecule has 2 rings (SSSR count). The second-order valence-corrected chi connectivity index (χ2v) is 4.70. The van der Waals surface area contributed by atoms with Crippen molar-refractivity contribution in [2.75, 3.05) is 7.11 Å². The lowest BCUT2D eigenvalue weighted by Crippen LogP contribution is -1.94. The van der Waals surface area contributed by atoms with Crippen molar-refractivity contribution in [2.24, 2.45) is 0 Å². The van der Waals surface area contributed by atoms with Crippen molar-refractivity contribution in [3.05, 3.63) is 46.6 Å². The van der Waals surface area contributed by atoms with Crippen LogP contribution in [0.5, 0.6) is 5.75 Å². The molecule has 18 heavy (non-hydrogen) atoms. The van der Waals surface area contributed by atoms with Crippen LogP contribution in [-0.2, 0) is 5.75 Å². The van der Waals surface area contributed by atoms with Crippen LogP contribution in [-0.4, -0.2) is 12.1 Å². The van der Waals surface area contributed by atoms with Gasteiger partial charge in [-0.25, -0.2) is 0 Å². The fourth-order valence-corrected chi connectivity index (χ4v) is 2.29. The number of rotatable bonds is 3. The van der Waals surface area contributed by atoms with E-state index in [0.29, 0.717) is 10.8 Å². The molecule has 4 heteroatoms. The van der Waals surface area contributed by atoms with Gasteiger partial charge in [-0.3, -0.25) is 4.98 Å². The molecule has 2 aromatic rings. The molecule has 1 heterocycles. The molecule has 0 spiro atoms. The van der Waals surface area contributed by atoms with Crippen LogP contribution in [0.15, 0.2) is 30.3 Å². The smallest absolute Gasteiger partial charge is 0.128 e. The average Bonchev–Trinajstić information content (AvgIpc) is 2.38. The molecule has 1 aromatic heterocycles. The zero-order chi connectivity index (χ0) is 13.1. The van der Waals surface area contributed by atoms with E-state index in [1.807, 2.05) is 31.2 Å². The standard InChI is InChI=1S/C14H14ClNOS/c1-9-10(8-18)3-5-13(16-9)12-7-11(15)4-6-14(12)17-2/h3-7,18H,8H2,1-2H3. The van der Waals surface area contributed by atoms with Crippen molar-refractivity contribution in [2.45, 2.75) is 12.7 Å². The minimum absolute atomic E-state index is 0.670. The number of hydrogen-bond acceptors (Lipinski definition) is 3. The predicted molar refractivity (Wildman–Crippen MR) is 78.7 cm³/mol. The number of methoxy groups -OCH3 is 1. The molecule has 0 aliphatic carbocycles. The van der Waals surface area contributed by atoms with Crippen LogP contribution in [0.2, 0.25) is 5.02 Å². The highest BCUT2D eigenvalue weighted by Crippen LogP contribution is 2.31. The summed E-state index contributed by atoms with van der Waals surface area (Å²) in [6.45, 7) is 1.98. The van der Waals surface area contributed by atoms with E-state index >= 15 is 0 Å². The normalized spacial score (nSPS) is 10.4. The molecule has 0 aliphatic rings. The highest BCUT2D eigenvalue weighted by Gasteiger charge is 2.09. The first-order valence-corrected chi connectivity index (χ1v) is 6.58. The molecule has 0 amide bonds. The van der Waals surface area contributed by atoms with Crippen LogP contribution in [0.1, 0.15) is 11.3 Å². The lowest BCUT2D eigenvalue weighted by molar-refractivity contribution is 0.416. The molecule has 0 aliphatic heterocycles. The van der Waals surface area contributed by atoms with Crippen molar-refractivity contribution < 1.29 is 4.74 Å². The zero-order valence-electron chi connectivity index (χ0n) is 10.3. The molecule has 1 aromatic carbocycles. The van der Waals surface area contributed by atoms with Crippen molar-refractivity contribution in [1.82, 2.24) is 4.98 Å². The first-order valence-electron chi connectivity index (χ1n) is 5.57. The number of aromatic nitrogens is 1. The maximum atomic E-state index is 6.03. The minimum Gasteiger partial charge on any atom is -0.496 e. The number of thiol groups is 1. The third-order valence-corrected chi connectivity index (χ3v) is 3.38. The number of pyridine rings is 1. The van der Waals surface area contributed by atoms with Crippen LogP contribution in [0.4, 0.5) is 0 Å². The van der Waals surface area contributed by atoms with Crippen molar-refractivity contribution >= 4 is 24.2 Å². The van der Waals surface area contributed by atoms with Gasteiger partial charge in [0.2, 0.25) is 0 Å². The van der Waals surface area contributed by atoms with E-state index in [1.54, 1.807) is 13.2 Å². The Kier molecular flexibility index (Phi) is 4.15. The lowest BCUT2D eigenvalue weighted by Gasteiger charge is -2.10. The van der Waals surface area contributed by atoms with Crippen LogP contribution in [0, 0.1) is 6.92 Å². The average molecular weight is 280 g/mol. The Morgan fingerprint density at radius 3 is 2.67 bits per heavy atom. The maximum Gasteiger partial charge on any atom is 0.128 e. The quantitative estimate of drug-likeness (QED) is 0.853. The van der Waals surface area contributed by atoms with Gasteiger partial charge in [-0.15, -0.1) is 0 Å². The number of nitrogens with zero attached hydrogens (tertiary/aromatic N) is 1. The van der Waals surface area contributed by atoms with Crippen molar-refractivity contribution in [1.29, 1.82) is 0 Å². The molecule has 0 unspecified atom stereocenters. The van der Waals surface area contributed by atoms with Gasteiger partial charge in [-0.2, -0.15) is 12.6 Å². The minimum atomic E-state index is 0.670. The van der Waals surface area contributed by atoms with E-state index in [9.17, 15) is 0 Å². The Balaban J connectivity index is 2.54. The van der Waals surface area contributed by atoms with E-state index in [4.69, 9.17) is 16.3 Å². The summed E-state index contributed by atoms with van der Waals surface area (Å²) < 4.78 is 5.34. The van der Waals surface area contributed by atoms with Crippen LogP contribution < -0.4 is 4.74 Å². The maximum absolute atomic E-state index is 6.03. The Labute approximate surface area is 117 Å². The molecule has 0 fully saturated rings. The zero-order valence-corrected chi connectivity index (χ0v) is 11.9. The number of hydrogen-bond donors (Lipinski definition) is 1. The highest BCUT2D eigenvalue weighted by atomic mass is 35.5. The van der Waals surface area contributed by atoms with E-state index in [-0.39, 0.29) is 0 Å². The van der Waals surface area contributed by atoms with Gasteiger partial charge in [0.25, 0.3) is 0 Å². The van der Waals surface area contributed by atoms with Crippen LogP contribution >= 0.6 is 24.2 Å². The number of halogens is 1. The molecule has 0 saturated carbocycles. The third kappa shape index (κ3) is 2.62. The first-order chi connectivity index (χ1) is 8.65. The monoisotopic (exact) mass is 279 g/mol. The molecular formula is C14H14ClNOS. The molecule has 0 saturated heterocycles. The molecule has 0 atom stereocenters. The molecule has 0 bridgehead atoms. The molecule has 0 radical (unpaired) electrons. The third-order valence-electron chi connectivity index (χ3n) is 2.80. The summed E-state index contributed by atoms with van der Waals surface area (Å²) in [6.07, 6.45) is 0. The van der Waals surface area contributed by atoms with Crippen molar-refractivity contribution in [3.8, 4) is 17.0 Å². The van der Waals surface area contributed by atoms with Gasteiger partial charge >= 0.3 is 0 Å². The fourth-order valence-electron chi connectivity index (χ4n) is 1.79. The van der Waals surface area contributed by atoms with Gasteiger partial charge in [-0.05, 0) is 36.8 Å². The lowest BCUT2D eigenvalue weighted by atomic mass is 10.1. The Morgan fingerprint density at radius 1 is 1.28 bits per heavy atom. The summed E-state index contributed by atoms with van der Waals surface area (Å²) in [5.74, 6) is 1.45. The Hall–Kier alpha value is -1.19. The van der Waals surface area contributed by atoms with Gasteiger partial charge < -0.3 is 4.74 Å². The Bertz CT molecular complexity index is 572. The largest absolute Gasteiger partial charge is 0.496 e. The molecule has 0 N–H and O–H groups in total.